The minimum atomic E-state index is 0.176. The molecule has 0 aromatic heterocycles. The lowest BCUT2D eigenvalue weighted by molar-refractivity contribution is 0.709. The molecule has 4 aromatic carbocycles. The second-order valence-electron chi connectivity index (χ2n) is 8.57. The number of nitrogens with zero attached hydrogens (tertiary/aromatic N) is 3. The third-order valence-electron chi connectivity index (χ3n) is 6.03. The summed E-state index contributed by atoms with van der Waals surface area (Å²) < 4.78 is 0. The topological polar surface area (TPSA) is 28.0 Å². The van der Waals surface area contributed by atoms with Gasteiger partial charge in [-0.1, -0.05) is 90.0 Å². The molecule has 0 bridgehead atoms. The highest BCUT2D eigenvalue weighted by molar-refractivity contribution is 6.03. The first kappa shape index (κ1) is 20.9. The van der Waals surface area contributed by atoms with E-state index in [-0.39, 0.29) is 6.04 Å². The summed E-state index contributed by atoms with van der Waals surface area (Å²) in [5, 5.41) is 7.22. The molecule has 0 radical (unpaired) electrons. The number of aryl methyl sites for hydroxylation is 2. The van der Waals surface area contributed by atoms with Crippen LogP contribution in [-0.4, -0.2) is 11.9 Å². The van der Waals surface area contributed by atoms with Crippen LogP contribution in [0.4, 0.5) is 11.4 Å². The second-order valence-corrected chi connectivity index (χ2v) is 8.57. The average molecular weight is 430 g/mol. The summed E-state index contributed by atoms with van der Waals surface area (Å²) in [5.41, 5.74) is 9.18. The number of benzene rings is 4. The zero-order valence-electron chi connectivity index (χ0n) is 19.0. The third kappa shape index (κ3) is 4.78. The Labute approximate surface area is 195 Å². The van der Waals surface area contributed by atoms with Gasteiger partial charge >= 0.3 is 0 Å². The van der Waals surface area contributed by atoms with E-state index in [0.717, 1.165) is 29.1 Å². The van der Waals surface area contributed by atoms with Crippen molar-refractivity contribution in [2.75, 3.05) is 5.01 Å². The molecule has 1 atom stereocenters. The van der Waals surface area contributed by atoms with E-state index >= 15 is 0 Å². The molecule has 1 unspecified atom stereocenters. The summed E-state index contributed by atoms with van der Waals surface area (Å²) in [4.78, 5) is 4.60. The molecule has 0 saturated heterocycles. The van der Waals surface area contributed by atoms with E-state index < -0.39 is 0 Å². The van der Waals surface area contributed by atoms with Crippen LogP contribution in [-0.2, 0) is 0 Å². The fourth-order valence-corrected chi connectivity index (χ4v) is 4.10. The Balaban J connectivity index is 1.42. The lowest BCUT2D eigenvalue weighted by Gasteiger charge is -2.24. The molecule has 33 heavy (non-hydrogen) atoms. The van der Waals surface area contributed by atoms with Crippen LogP contribution in [0.25, 0.3) is 0 Å². The number of hydrazone groups is 1. The Morgan fingerprint density at radius 3 is 2.06 bits per heavy atom. The van der Waals surface area contributed by atoms with Gasteiger partial charge in [-0.25, -0.2) is 0 Å². The maximum atomic E-state index is 5.06. The number of hydrogen-bond donors (Lipinski definition) is 0. The quantitative estimate of drug-likeness (QED) is 0.304. The van der Waals surface area contributed by atoms with Crippen molar-refractivity contribution in [2.24, 2.45) is 10.1 Å². The van der Waals surface area contributed by atoms with Gasteiger partial charge in [0.1, 0.15) is 0 Å². The predicted octanol–water partition coefficient (Wildman–Crippen LogP) is 7.41. The van der Waals surface area contributed by atoms with Crippen molar-refractivity contribution >= 4 is 23.3 Å². The maximum Gasteiger partial charge on any atom is 0.0831 e. The normalized spacial score (nSPS) is 15.8. The molecule has 5 rings (SSSR count). The van der Waals surface area contributed by atoms with Gasteiger partial charge in [0.2, 0.25) is 0 Å². The second kappa shape index (κ2) is 9.25. The molecule has 4 aromatic rings. The highest BCUT2D eigenvalue weighted by atomic mass is 15.5. The van der Waals surface area contributed by atoms with Gasteiger partial charge in [-0.15, -0.1) is 0 Å². The minimum Gasteiger partial charge on any atom is -0.257 e. The van der Waals surface area contributed by atoms with Gasteiger partial charge in [0, 0.05) is 12.6 Å². The molecule has 0 aliphatic carbocycles. The van der Waals surface area contributed by atoms with Gasteiger partial charge in [-0.3, -0.25) is 10.0 Å². The van der Waals surface area contributed by atoms with Crippen LogP contribution in [0.15, 0.2) is 113 Å². The molecule has 1 aliphatic heterocycles. The Morgan fingerprint density at radius 1 is 0.758 bits per heavy atom. The summed E-state index contributed by atoms with van der Waals surface area (Å²) in [6, 6.07) is 36.2. The number of anilines is 1. The van der Waals surface area contributed by atoms with Gasteiger partial charge in [-0.05, 0) is 54.8 Å². The standard InChI is InChI=1S/C30H27N3/c1-22-8-14-25(15-9-22)29-20-30(26-6-4-3-5-7-26)33(32-29)28-18-12-24(13-19-28)21-31-27-16-10-23(2)11-17-27/h3-19,21,30H,20H2,1-2H3. The highest BCUT2D eigenvalue weighted by Gasteiger charge is 2.29. The van der Waals surface area contributed by atoms with Gasteiger partial charge in [0.15, 0.2) is 0 Å². The molecule has 0 spiro atoms. The molecule has 0 fully saturated rings. The van der Waals surface area contributed by atoms with E-state index in [0.29, 0.717) is 0 Å². The lowest BCUT2D eigenvalue weighted by atomic mass is 9.98. The van der Waals surface area contributed by atoms with Crippen LogP contribution in [0, 0.1) is 13.8 Å². The van der Waals surface area contributed by atoms with Crippen molar-refractivity contribution in [3.8, 4) is 0 Å². The summed E-state index contributed by atoms with van der Waals surface area (Å²) in [7, 11) is 0. The monoisotopic (exact) mass is 429 g/mol. The first-order valence-corrected chi connectivity index (χ1v) is 11.4. The number of aliphatic imine (C=N–C) groups is 1. The van der Waals surface area contributed by atoms with E-state index in [1.54, 1.807) is 0 Å². The molecule has 1 heterocycles. The average Bonchev–Trinajstić information content (AvgIpc) is 3.30. The molecule has 0 N–H and O–H groups in total. The van der Waals surface area contributed by atoms with Crippen LogP contribution in [0.3, 0.4) is 0 Å². The van der Waals surface area contributed by atoms with Crippen LogP contribution in [0.1, 0.15) is 40.3 Å². The van der Waals surface area contributed by atoms with E-state index in [1.165, 1.54) is 22.3 Å². The fraction of sp³-hybridized carbons (Fsp3) is 0.133. The summed E-state index contributed by atoms with van der Waals surface area (Å²) in [5.74, 6) is 0. The third-order valence-corrected chi connectivity index (χ3v) is 6.03. The van der Waals surface area contributed by atoms with E-state index in [4.69, 9.17) is 5.10 Å². The van der Waals surface area contributed by atoms with E-state index in [1.807, 2.05) is 18.3 Å². The van der Waals surface area contributed by atoms with Crippen molar-refractivity contribution in [1.82, 2.24) is 0 Å². The molecule has 3 nitrogen and oxygen atoms in total. The van der Waals surface area contributed by atoms with Crippen molar-refractivity contribution < 1.29 is 0 Å². The first-order valence-electron chi connectivity index (χ1n) is 11.4. The van der Waals surface area contributed by atoms with Crippen molar-refractivity contribution in [3.05, 3.63) is 131 Å². The summed E-state index contributed by atoms with van der Waals surface area (Å²) >= 11 is 0. The maximum absolute atomic E-state index is 5.06. The molecule has 0 saturated carbocycles. The zero-order chi connectivity index (χ0) is 22.6. The summed E-state index contributed by atoms with van der Waals surface area (Å²) in [6.45, 7) is 4.20. The first-order chi connectivity index (χ1) is 16.2. The molecule has 0 amide bonds. The highest BCUT2D eigenvalue weighted by Crippen LogP contribution is 2.36. The smallest absolute Gasteiger partial charge is 0.0831 e. The lowest BCUT2D eigenvalue weighted by Crippen LogP contribution is -2.18. The molecule has 3 heteroatoms. The van der Waals surface area contributed by atoms with Gasteiger partial charge in [0.25, 0.3) is 0 Å². The van der Waals surface area contributed by atoms with Crippen molar-refractivity contribution in [2.45, 2.75) is 26.3 Å². The van der Waals surface area contributed by atoms with Gasteiger partial charge in [0.05, 0.1) is 23.1 Å². The zero-order valence-corrected chi connectivity index (χ0v) is 19.0. The Kier molecular flexibility index (Phi) is 5.86. The largest absolute Gasteiger partial charge is 0.257 e. The number of hydrogen-bond acceptors (Lipinski definition) is 3. The molecular formula is C30H27N3. The predicted molar refractivity (Wildman–Crippen MR) is 139 cm³/mol. The van der Waals surface area contributed by atoms with E-state index in [9.17, 15) is 0 Å². The Hall–Kier alpha value is -3.98. The van der Waals surface area contributed by atoms with Crippen LogP contribution >= 0.6 is 0 Å². The summed E-state index contributed by atoms with van der Waals surface area (Å²) in [6.07, 6.45) is 2.79. The van der Waals surface area contributed by atoms with E-state index in [2.05, 4.69) is 115 Å². The minimum absolute atomic E-state index is 0.176. The van der Waals surface area contributed by atoms with Crippen LogP contribution < -0.4 is 5.01 Å². The molecule has 162 valence electrons. The molecular weight excluding hydrogens is 402 g/mol. The molecule has 1 aliphatic rings. The van der Waals surface area contributed by atoms with Crippen LogP contribution in [0.5, 0.6) is 0 Å². The number of rotatable bonds is 5. The Morgan fingerprint density at radius 2 is 1.39 bits per heavy atom. The van der Waals surface area contributed by atoms with Crippen LogP contribution in [0.2, 0.25) is 0 Å². The van der Waals surface area contributed by atoms with Crippen molar-refractivity contribution in [1.29, 1.82) is 0 Å². The fourth-order valence-electron chi connectivity index (χ4n) is 4.10. The van der Waals surface area contributed by atoms with Crippen molar-refractivity contribution in [3.63, 3.8) is 0 Å². The SMILES string of the molecule is Cc1ccc(N=Cc2ccc(N3N=C(c4ccc(C)cc4)CC3c3ccccc3)cc2)cc1. The van der Waals surface area contributed by atoms with Gasteiger partial charge in [-0.2, -0.15) is 5.10 Å². The Bertz CT molecular complexity index is 1270. The van der Waals surface area contributed by atoms with Gasteiger partial charge < -0.3 is 0 Å².